The molecule has 0 atom stereocenters. The van der Waals surface area contributed by atoms with E-state index < -0.39 is 0 Å². The zero-order chi connectivity index (χ0) is 13.8. The lowest BCUT2D eigenvalue weighted by molar-refractivity contribution is 0.878. The summed E-state index contributed by atoms with van der Waals surface area (Å²) in [4.78, 5) is 4.35. The van der Waals surface area contributed by atoms with Crippen molar-refractivity contribution in [2.24, 2.45) is 0 Å². The van der Waals surface area contributed by atoms with E-state index in [1.54, 1.807) is 12.4 Å². The van der Waals surface area contributed by atoms with Gasteiger partial charge in [0.2, 0.25) is 0 Å². The van der Waals surface area contributed by atoms with Gasteiger partial charge in [-0.05, 0) is 46.3 Å². The number of hydrogen-bond acceptors (Lipinski definition) is 3. The lowest BCUT2D eigenvalue weighted by Gasteiger charge is -2.11. The molecule has 20 heavy (non-hydrogen) atoms. The van der Waals surface area contributed by atoms with Crippen LogP contribution in [0.5, 0.6) is 0 Å². The van der Waals surface area contributed by atoms with Crippen LogP contribution in [0.4, 0.5) is 5.69 Å². The Morgan fingerprint density at radius 3 is 2.75 bits per heavy atom. The predicted molar refractivity (Wildman–Crippen MR) is 82.8 cm³/mol. The molecule has 0 aliphatic heterocycles. The summed E-state index contributed by atoms with van der Waals surface area (Å²) in [6, 6.07) is 14.0. The normalized spacial score (nSPS) is 10.4. The van der Waals surface area contributed by atoms with Gasteiger partial charge in [-0.2, -0.15) is 5.10 Å². The highest BCUT2D eigenvalue weighted by molar-refractivity contribution is 9.10. The molecule has 0 saturated carbocycles. The van der Waals surface area contributed by atoms with Crippen molar-refractivity contribution >= 4 is 21.6 Å². The molecule has 0 saturated heterocycles. The number of para-hydroxylation sites is 2. The average molecular weight is 329 g/mol. The van der Waals surface area contributed by atoms with Gasteiger partial charge in [0.1, 0.15) is 0 Å². The van der Waals surface area contributed by atoms with E-state index in [0.717, 1.165) is 21.5 Å². The highest BCUT2D eigenvalue weighted by atomic mass is 79.9. The van der Waals surface area contributed by atoms with Crippen LogP contribution in [0.25, 0.3) is 5.69 Å². The van der Waals surface area contributed by atoms with Gasteiger partial charge in [-0.25, -0.2) is 4.68 Å². The van der Waals surface area contributed by atoms with Gasteiger partial charge in [-0.1, -0.05) is 12.1 Å². The molecule has 100 valence electrons. The third kappa shape index (κ3) is 2.88. The van der Waals surface area contributed by atoms with Crippen LogP contribution in [0.3, 0.4) is 0 Å². The van der Waals surface area contributed by atoms with Gasteiger partial charge in [-0.15, -0.1) is 0 Å². The number of pyridine rings is 1. The summed E-state index contributed by atoms with van der Waals surface area (Å²) in [6.07, 6.45) is 5.50. The van der Waals surface area contributed by atoms with Crippen molar-refractivity contribution in [3.8, 4) is 5.69 Å². The quantitative estimate of drug-likeness (QED) is 0.795. The number of anilines is 1. The molecule has 2 heterocycles. The van der Waals surface area contributed by atoms with Crippen molar-refractivity contribution in [3.63, 3.8) is 0 Å². The van der Waals surface area contributed by atoms with Gasteiger partial charge in [0.15, 0.2) is 0 Å². The van der Waals surface area contributed by atoms with Crippen molar-refractivity contribution in [2.45, 2.75) is 6.54 Å². The van der Waals surface area contributed by atoms with E-state index in [4.69, 9.17) is 0 Å². The molecule has 0 fully saturated rings. The first-order valence-corrected chi connectivity index (χ1v) is 7.05. The van der Waals surface area contributed by atoms with Crippen LogP contribution in [0.15, 0.2) is 65.5 Å². The second-order valence-corrected chi connectivity index (χ2v) is 5.20. The summed E-state index contributed by atoms with van der Waals surface area (Å²) >= 11 is 3.38. The van der Waals surface area contributed by atoms with E-state index >= 15 is 0 Å². The van der Waals surface area contributed by atoms with E-state index in [2.05, 4.69) is 31.3 Å². The van der Waals surface area contributed by atoms with Crippen LogP contribution in [-0.4, -0.2) is 14.8 Å². The van der Waals surface area contributed by atoms with E-state index in [9.17, 15) is 0 Å². The molecule has 0 spiro atoms. The predicted octanol–water partition coefficient (Wildman–Crippen LogP) is 3.64. The lowest BCUT2D eigenvalue weighted by atomic mass is 10.2. The highest BCUT2D eigenvalue weighted by Gasteiger charge is 2.04. The lowest BCUT2D eigenvalue weighted by Crippen LogP contribution is -2.05. The second kappa shape index (κ2) is 5.88. The monoisotopic (exact) mass is 328 g/mol. The van der Waals surface area contributed by atoms with Crippen LogP contribution in [-0.2, 0) is 6.54 Å². The summed E-state index contributed by atoms with van der Waals surface area (Å²) in [6.45, 7) is 0.672. The number of hydrogen-bond donors (Lipinski definition) is 1. The maximum absolute atomic E-state index is 4.35. The second-order valence-electron chi connectivity index (χ2n) is 4.29. The molecule has 1 aromatic carbocycles. The fourth-order valence-corrected chi connectivity index (χ4v) is 2.17. The molecule has 5 heteroatoms. The Morgan fingerprint density at radius 2 is 2.00 bits per heavy atom. The van der Waals surface area contributed by atoms with Crippen LogP contribution in [0.2, 0.25) is 0 Å². The molecule has 0 bridgehead atoms. The fourth-order valence-electron chi connectivity index (χ4n) is 1.93. The Bertz CT molecular complexity index is 677. The van der Waals surface area contributed by atoms with Gasteiger partial charge in [-0.3, -0.25) is 4.98 Å². The summed E-state index contributed by atoms with van der Waals surface area (Å²) < 4.78 is 2.83. The van der Waals surface area contributed by atoms with E-state index in [-0.39, 0.29) is 0 Å². The highest BCUT2D eigenvalue weighted by Crippen LogP contribution is 2.19. The molecule has 1 N–H and O–H groups in total. The average Bonchev–Trinajstić information content (AvgIpc) is 3.01. The molecule has 0 unspecified atom stereocenters. The van der Waals surface area contributed by atoms with E-state index in [1.165, 1.54) is 0 Å². The van der Waals surface area contributed by atoms with Gasteiger partial charge in [0.05, 0.1) is 23.6 Å². The number of rotatable bonds is 4. The van der Waals surface area contributed by atoms with Gasteiger partial charge in [0.25, 0.3) is 0 Å². The molecule has 0 aliphatic carbocycles. The maximum Gasteiger partial charge on any atom is 0.0876 e. The topological polar surface area (TPSA) is 42.7 Å². The molecule has 4 nitrogen and oxygen atoms in total. The summed E-state index contributed by atoms with van der Waals surface area (Å²) in [7, 11) is 0. The molecule has 3 rings (SSSR count). The first kappa shape index (κ1) is 12.9. The SMILES string of the molecule is Brc1ccc(CNc2ccccc2-n2cccn2)nc1. The Hall–Kier alpha value is -2.14. The third-order valence-corrected chi connectivity index (χ3v) is 3.37. The number of aromatic nitrogens is 3. The van der Waals surface area contributed by atoms with Crippen molar-refractivity contribution in [3.05, 3.63) is 71.2 Å². The summed E-state index contributed by atoms with van der Waals surface area (Å²) in [5.41, 5.74) is 3.04. The molecular formula is C15H13BrN4. The van der Waals surface area contributed by atoms with Crippen LogP contribution in [0, 0.1) is 0 Å². The molecule has 0 aliphatic rings. The largest absolute Gasteiger partial charge is 0.378 e. The molecule has 3 aromatic rings. The zero-order valence-electron chi connectivity index (χ0n) is 10.7. The maximum atomic E-state index is 4.35. The van der Waals surface area contributed by atoms with Crippen molar-refractivity contribution in [2.75, 3.05) is 5.32 Å². The molecule has 0 amide bonds. The summed E-state index contributed by atoms with van der Waals surface area (Å²) in [5.74, 6) is 0. The van der Waals surface area contributed by atoms with Gasteiger partial charge < -0.3 is 5.32 Å². The van der Waals surface area contributed by atoms with Crippen LogP contribution >= 0.6 is 15.9 Å². The van der Waals surface area contributed by atoms with Crippen molar-refractivity contribution in [1.82, 2.24) is 14.8 Å². The minimum Gasteiger partial charge on any atom is -0.378 e. The Labute approximate surface area is 125 Å². The molecule has 2 aromatic heterocycles. The number of nitrogens with zero attached hydrogens (tertiary/aromatic N) is 3. The number of nitrogens with one attached hydrogen (secondary N) is 1. The number of halogens is 1. The standard InChI is InChI=1S/C15H13BrN4/c16-12-6-7-13(17-10-12)11-18-14-4-1-2-5-15(14)20-9-3-8-19-20/h1-10,18H,11H2. The third-order valence-electron chi connectivity index (χ3n) is 2.90. The Balaban J connectivity index is 1.79. The van der Waals surface area contributed by atoms with Gasteiger partial charge in [0, 0.05) is 23.1 Å². The van der Waals surface area contributed by atoms with E-state index in [1.807, 2.05) is 53.3 Å². The Morgan fingerprint density at radius 1 is 1.10 bits per heavy atom. The van der Waals surface area contributed by atoms with E-state index in [0.29, 0.717) is 6.54 Å². The first-order chi connectivity index (χ1) is 9.83. The Kier molecular flexibility index (Phi) is 3.78. The smallest absolute Gasteiger partial charge is 0.0876 e. The number of benzene rings is 1. The minimum absolute atomic E-state index is 0.672. The van der Waals surface area contributed by atoms with Crippen LogP contribution < -0.4 is 5.32 Å². The molecule has 0 radical (unpaired) electrons. The zero-order valence-corrected chi connectivity index (χ0v) is 12.3. The fraction of sp³-hybridized carbons (Fsp3) is 0.0667. The summed E-state index contributed by atoms with van der Waals surface area (Å²) in [5, 5.41) is 7.67. The van der Waals surface area contributed by atoms with Crippen LogP contribution in [0.1, 0.15) is 5.69 Å². The minimum atomic E-state index is 0.672. The van der Waals surface area contributed by atoms with Gasteiger partial charge >= 0.3 is 0 Å². The first-order valence-electron chi connectivity index (χ1n) is 6.26. The molecular weight excluding hydrogens is 316 g/mol. The van der Waals surface area contributed by atoms with Crippen molar-refractivity contribution in [1.29, 1.82) is 0 Å². The van der Waals surface area contributed by atoms with Crippen molar-refractivity contribution < 1.29 is 0 Å².